The number of carbonyl (C=O) groups excluding carboxylic acids is 1. The first-order valence-electron chi connectivity index (χ1n) is 8.89. The Morgan fingerprint density at radius 2 is 1.69 bits per heavy atom. The van der Waals surface area contributed by atoms with Gasteiger partial charge < -0.3 is 0 Å². The van der Waals surface area contributed by atoms with Crippen molar-refractivity contribution in [2.24, 2.45) is 0 Å². The highest BCUT2D eigenvalue weighted by Crippen LogP contribution is 2.23. The summed E-state index contributed by atoms with van der Waals surface area (Å²) >= 11 is 0. The van der Waals surface area contributed by atoms with Gasteiger partial charge in [-0.2, -0.15) is 4.80 Å². The van der Waals surface area contributed by atoms with Gasteiger partial charge in [0.05, 0.1) is 4.90 Å². The van der Waals surface area contributed by atoms with Crippen LogP contribution in [0.5, 0.6) is 0 Å². The highest BCUT2D eigenvalue weighted by molar-refractivity contribution is 7.89. The lowest BCUT2D eigenvalue weighted by atomic mass is 9.87. The highest BCUT2D eigenvalue weighted by Gasteiger charge is 2.18. The largest absolute Gasteiger partial charge is 0.276 e. The first-order valence-corrected chi connectivity index (χ1v) is 10.4. The van der Waals surface area contributed by atoms with Crippen LogP contribution >= 0.6 is 0 Å². The smallest absolute Gasteiger partial charge is 0.258 e. The molecule has 0 aliphatic rings. The monoisotopic (exact) mass is 414 g/mol. The maximum Gasteiger partial charge on any atom is 0.258 e. The van der Waals surface area contributed by atoms with E-state index in [2.05, 4.69) is 25.7 Å². The predicted molar refractivity (Wildman–Crippen MR) is 107 cm³/mol. The van der Waals surface area contributed by atoms with Crippen LogP contribution in [0.15, 0.2) is 59.5 Å². The van der Waals surface area contributed by atoms with E-state index in [0.717, 1.165) is 15.9 Å². The van der Waals surface area contributed by atoms with E-state index in [1.165, 1.54) is 12.1 Å². The van der Waals surface area contributed by atoms with Crippen LogP contribution in [0.4, 0.5) is 0 Å². The molecule has 10 heteroatoms. The average Bonchev–Trinajstić information content (AvgIpc) is 3.15. The van der Waals surface area contributed by atoms with Gasteiger partial charge in [0.15, 0.2) is 0 Å². The summed E-state index contributed by atoms with van der Waals surface area (Å²) in [5.74, 6) is -0.255. The van der Waals surface area contributed by atoms with Gasteiger partial charge in [-0.25, -0.2) is 8.42 Å². The first-order chi connectivity index (χ1) is 13.6. The molecule has 2 aromatic carbocycles. The third kappa shape index (κ3) is 5.24. The Balaban J connectivity index is 1.59. The van der Waals surface area contributed by atoms with Crippen molar-refractivity contribution in [1.82, 2.24) is 30.5 Å². The summed E-state index contributed by atoms with van der Waals surface area (Å²) in [6, 6.07) is 15.7. The van der Waals surface area contributed by atoms with Crippen LogP contribution in [0.25, 0.3) is 11.4 Å². The van der Waals surface area contributed by atoms with Crippen LogP contribution in [0, 0.1) is 0 Å². The van der Waals surface area contributed by atoms with Gasteiger partial charge in [0, 0.05) is 5.56 Å². The molecule has 0 bridgehead atoms. The standard InChI is InChI=1S/C19H22N6O3S/c1-19(2,3)15-9-11-16(12-10-15)29(27,28)24-20-17(26)13-25-22-18(21-23-25)14-7-5-4-6-8-14/h4-12,24H,13H2,1-3H3,(H,20,26). The molecular weight excluding hydrogens is 392 g/mol. The Morgan fingerprint density at radius 1 is 1.03 bits per heavy atom. The average molecular weight is 414 g/mol. The molecule has 3 rings (SSSR count). The lowest BCUT2D eigenvalue weighted by Crippen LogP contribution is -2.43. The van der Waals surface area contributed by atoms with E-state index in [4.69, 9.17) is 0 Å². The van der Waals surface area contributed by atoms with Gasteiger partial charge >= 0.3 is 0 Å². The number of carbonyl (C=O) groups is 1. The number of tetrazole rings is 1. The van der Waals surface area contributed by atoms with Crippen LogP contribution in [0.2, 0.25) is 0 Å². The molecule has 0 unspecified atom stereocenters. The van der Waals surface area contributed by atoms with Crippen molar-refractivity contribution in [2.45, 2.75) is 37.6 Å². The Labute approximate surface area is 169 Å². The molecule has 0 radical (unpaired) electrons. The number of nitrogens with one attached hydrogen (secondary N) is 2. The molecule has 0 aliphatic heterocycles. The molecule has 1 aromatic heterocycles. The van der Waals surface area contributed by atoms with Crippen LogP contribution in [-0.4, -0.2) is 34.5 Å². The van der Waals surface area contributed by atoms with Crippen molar-refractivity contribution >= 4 is 15.9 Å². The van der Waals surface area contributed by atoms with Crippen molar-refractivity contribution in [3.8, 4) is 11.4 Å². The summed E-state index contributed by atoms with van der Waals surface area (Å²) in [6.45, 7) is 5.83. The molecule has 0 aliphatic carbocycles. The minimum atomic E-state index is -3.90. The molecule has 0 spiro atoms. The van der Waals surface area contributed by atoms with E-state index in [9.17, 15) is 13.2 Å². The second-order valence-electron chi connectivity index (χ2n) is 7.44. The number of hydrogen-bond donors (Lipinski definition) is 2. The van der Waals surface area contributed by atoms with Crippen molar-refractivity contribution in [3.05, 3.63) is 60.2 Å². The molecular formula is C19H22N6O3S. The quantitative estimate of drug-likeness (QED) is 0.592. The van der Waals surface area contributed by atoms with E-state index in [-0.39, 0.29) is 16.9 Å². The second kappa shape index (κ2) is 8.10. The number of aromatic nitrogens is 4. The molecule has 0 fully saturated rings. The minimum absolute atomic E-state index is 0.0519. The SMILES string of the molecule is CC(C)(C)c1ccc(S(=O)(=O)NNC(=O)Cn2nnc(-c3ccccc3)n2)cc1. The Bertz CT molecular complexity index is 1090. The molecule has 0 atom stereocenters. The fourth-order valence-electron chi connectivity index (χ4n) is 2.50. The van der Waals surface area contributed by atoms with E-state index >= 15 is 0 Å². The van der Waals surface area contributed by atoms with Gasteiger partial charge in [-0.15, -0.1) is 15.0 Å². The van der Waals surface area contributed by atoms with E-state index in [1.54, 1.807) is 12.1 Å². The van der Waals surface area contributed by atoms with E-state index < -0.39 is 15.9 Å². The topological polar surface area (TPSA) is 119 Å². The molecule has 0 saturated carbocycles. The van der Waals surface area contributed by atoms with Crippen LogP contribution in [0.1, 0.15) is 26.3 Å². The zero-order chi connectivity index (χ0) is 21.1. The van der Waals surface area contributed by atoms with Crippen LogP contribution in [-0.2, 0) is 26.8 Å². The molecule has 9 nitrogen and oxygen atoms in total. The van der Waals surface area contributed by atoms with Gasteiger partial charge in [0.1, 0.15) is 6.54 Å². The maximum atomic E-state index is 12.4. The molecule has 1 amide bonds. The Kier molecular flexibility index (Phi) is 5.76. The summed E-state index contributed by atoms with van der Waals surface area (Å²) in [4.78, 5) is 15.3. The highest BCUT2D eigenvalue weighted by atomic mass is 32.2. The lowest BCUT2D eigenvalue weighted by Gasteiger charge is -2.19. The van der Waals surface area contributed by atoms with Crippen molar-refractivity contribution in [1.29, 1.82) is 0 Å². The van der Waals surface area contributed by atoms with E-state index in [1.807, 2.05) is 51.1 Å². The molecule has 3 aromatic rings. The van der Waals surface area contributed by atoms with Crippen molar-refractivity contribution in [2.75, 3.05) is 0 Å². The van der Waals surface area contributed by atoms with Gasteiger partial charge in [-0.1, -0.05) is 63.2 Å². The minimum Gasteiger partial charge on any atom is -0.276 e. The first kappa shape index (κ1) is 20.6. The third-order valence-corrected chi connectivity index (χ3v) is 5.39. The molecule has 2 N–H and O–H groups in total. The zero-order valence-corrected chi connectivity index (χ0v) is 17.1. The number of nitrogens with zero attached hydrogens (tertiary/aromatic N) is 4. The van der Waals surface area contributed by atoms with Crippen LogP contribution < -0.4 is 10.3 Å². The summed E-state index contributed by atoms with van der Waals surface area (Å²) < 4.78 is 24.7. The zero-order valence-electron chi connectivity index (χ0n) is 16.3. The number of amides is 1. The van der Waals surface area contributed by atoms with Gasteiger partial charge in [0.25, 0.3) is 15.9 Å². The summed E-state index contributed by atoms with van der Waals surface area (Å²) in [7, 11) is -3.90. The molecule has 29 heavy (non-hydrogen) atoms. The second-order valence-corrected chi connectivity index (χ2v) is 9.12. The normalized spacial score (nSPS) is 12.0. The van der Waals surface area contributed by atoms with E-state index in [0.29, 0.717) is 5.82 Å². The number of rotatable bonds is 6. The number of sulfonamides is 1. The fourth-order valence-corrected chi connectivity index (χ4v) is 3.36. The van der Waals surface area contributed by atoms with Crippen LogP contribution in [0.3, 0.4) is 0 Å². The molecule has 1 heterocycles. The Morgan fingerprint density at radius 3 is 2.31 bits per heavy atom. The number of hydrogen-bond acceptors (Lipinski definition) is 6. The third-order valence-electron chi connectivity index (χ3n) is 4.13. The van der Waals surface area contributed by atoms with Crippen molar-refractivity contribution in [3.63, 3.8) is 0 Å². The lowest BCUT2D eigenvalue weighted by molar-refractivity contribution is -0.122. The molecule has 152 valence electrons. The maximum absolute atomic E-state index is 12.4. The fraction of sp³-hybridized carbons (Fsp3) is 0.263. The predicted octanol–water partition coefficient (Wildman–Crippen LogP) is 1.65. The number of benzene rings is 2. The molecule has 0 saturated heterocycles. The summed E-state index contributed by atoms with van der Waals surface area (Å²) in [5, 5.41) is 11.8. The van der Waals surface area contributed by atoms with Crippen molar-refractivity contribution < 1.29 is 13.2 Å². The Hall–Kier alpha value is -3.11. The summed E-state index contributed by atoms with van der Waals surface area (Å²) in [5.41, 5.74) is 3.84. The van der Waals surface area contributed by atoms with Gasteiger partial charge in [-0.05, 0) is 28.3 Å². The van der Waals surface area contributed by atoms with Gasteiger partial charge in [0.2, 0.25) is 5.82 Å². The summed E-state index contributed by atoms with van der Waals surface area (Å²) in [6.07, 6.45) is 0. The van der Waals surface area contributed by atoms with Gasteiger partial charge in [-0.3, -0.25) is 10.2 Å². The number of hydrazine groups is 1.